The summed E-state index contributed by atoms with van der Waals surface area (Å²) in [7, 11) is 1.60. The number of aromatic nitrogens is 2. The quantitative estimate of drug-likeness (QED) is 0.723. The van der Waals surface area contributed by atoms with E-state index < -0.39 is 0 Å². The van der Waals surface area contributed by atoms with Crippen molar-refractivity contribution in [3.8, 4) is 5.75 Å². The van der Waals surface area contributed by atoms with E-state index in [2.05, 4.69) is 9.97 Å². The van der Waals surface area contributed by atoms with Gasteiger partial charge in [0, 0.05) is 12.3 Å². The molecule has 2 aromatic heterocycles. The Morgan fingerprint density at radius 3 is 2.79 bits per heavy atom. The summed E-state index contributed by atoms with van der Waals surface area (Å²) in [6, 6.07) is 1.81. The van der Waals surface area contributed by atoms with Crippen LogP contribution in [-0.2, 0) is 0 Å². The molecule has 0 amide bonds. The zero-order valence-corrected chi connectivity index (χ0v) is 8.67. The Morgan fingerprint density at radius 2 is 2.07 bits per heavy atom. The van der Waals surface area contributed by atoms with Crippen LogP contribution in [0.5, 0.6) is 5.75 Å². The van der Waals surface area contributed by atoms with Crippen molar-refractivity contribution in [1.82, 2.24) is 9.97 Å². The van der Waals surface area contributed by atoms with E-state index in [0.29, 0.717) is 16.3 Å². The van der Waals surface area contributed by atoms with E-state index in [1.165, 1.54) is 0 Å². The van der Waals surface area contributed by atoms with Gasteiger partial charge in [0.1, 0.15) is 11.3 Å². The van der Waals surface area contributed by atoms with Crippen LogP contribution in [0.25, 0.3) is 11.0 Å². The summed E-state index contributed by atoms with van der Waals surface area (Å²) in [5, 5.41) is 0.651. The van der Waals surface area contributed by atoms with Crippen LogP contribution in [0.2, 0.25) is 5.02 Å². The molecule has 3 nitrogen and oxygen atoms in total. The number of fused-ring (bicyclic) bond motifs is 1. The first kappa shape index (κ1) is 9.21. The van der Waals surface area contributed by atoms with E-state index in [4.69, 9.17) is 16.3 Å². The van der Waals surface area contributed by atoms with Gasteiger partial charge < -0.3 is 4.74 Å². The predicted octanol–water partition coefficient (Wildman–Crippen LogP) is 2.60. The molecule has 0 saturated carbocycles. The maximum atomic E-state index is 6.08. The van der Waals surface area contributed by atoms with Gasteiger partial charge in [0.2, 0.25) is 0 Å². The average Bonchev–Trinajstić information content (AvgIpc) is 2.23. The fourth-order valence-electron chi connectivity index (χ4n) is 1.22. The molecule has 0 atom stereocenters. The second kappa shape index (κ2) is 3.42. The summed E-state index contributed by atoms with van der Waals surface area (Å²) >= 11 is 6.08. The second-order valence-corrected chi connectivity index (χ2v) is 3.38. The lowest BCUT2D eigenvalue weighted by atomic mass is 10.2. The van der Waals surface area contributed by atoms with Gasteiger partial charge in [-0.25, -0.2) is 4.98 Å². The molecule has 2 aromatic rings. The molecule has 0 bridgehead atoms. The summed E-state index contributed by atoms with van der Waals surface area (Å²) in [6.07, 6.45) is 3.36. The second-order valence-electron chi connectivity index (χ2n) is 3.00. The highest BCUT2D eigenvalue weighted by Gasteiger charge is 2.05. The van der Waals surface area contributed by atoms with Gasteiger partial charge >= 0.3 is 0 Å². The molecule has 0 unspecified atom stereocenters. The first-order valence-corrected chi connectivity index (χ1v) is 4.55. The third kappa shape index (κ3) is 1.40. The van der Waals surface area contributed by atoms with Crippen molar-refractivity contribution in [2.45, 2.75) is 6.92 Å². The molecule has 2 rings (SSSR count). The zero-order chi connectivity index (χ0) is 10.1. The third-order valence-corrected chi connectivity index (χ3v) is 2.51. The highest BCUT2D eigenvalue weighted by molar-refractivity contribution is 6.35. The standard InChI is InChI=1S/C10H9ClN2O/c1-6-4-12-8-3-7(14-2)5-13-10(8)9(6)11/h3-5H,1-2H3. The topological polar surface area (TPSA) is 35.0 Å². The summed E-state index contributed by atoms with van der Waals surface area (Å²) in [5.41, 5.74) is 2.39. The number of methoxy groups -OCH3 is 1. The van der Waals surface area contributed by atoms with Crippen molar-refractivity contribution in [3.05, 3.63) is 29.0 Å². The van der Waals surface area contributed by atoms with Crippen LogP contribution >= 0.6 is 11.6 Å². The lowest BCUT2D eigenvalue weighted by molar-refractivity contribution is 0.413. The molecule has 0 fully saturated rings. The van der Waals surface area contributed by atoms with E-state index >= 15 is 0 Å². The molecule has 0 N–H and O–H groups in total. The Labute approximate surface area is 86.7 Å². The predicted molar refractivity (Wildman–Crippen MR) is 55.8 cm³/mol. The highest BCUT2D eigenvalue weighted by Crippen LogP contribution is 2.25. The minimum atomic E-state index is 0.651. The molecule has 0 spiro atoms. The molecule has 14 heavy (non-hydrogen) atoms. The fraction of sp³-hybridized carbons (Fsp3) is 0.200. The molecule has 0 saturated heterocycles. The lowest BCUT2D eigenvalue weighted by Crippen LogP contribution is -1.89. The minimum absolute atomic E-state index is 0.651. The Kier molecular flexibility index (Phi) is 2.25. The van der Waals surface area contributed by atoms with Crippen LogP contribution < -0.4 is 4.74 Å². The van der Waals surface area contributed by atoms with Crippen LogP contribution in [-0.4, -0.2) is 17.1 Å². The van der Waals surface area contributed by atoms with Crippen molar-refractivity contribution in [1.29, 1.82) is 0 Å². The van der Waals surface area contributed by atoms with E-state index in [0.717, 1.165) is 11.1 Å². The van der Waals surface area contributed by atoms with Crippen LogP contribution in [0.3, 0.4) is 0 Å². The minimum Gasteiger partial charge on any atom is -0.495 e. The van der Waals surface area contributed by atoms with Crippen molar-refractivity contribution in [2.24, 2.45) is 0 Å². The number of halogens is 1. The van der Waals surface area contributed by atoms with Gasteiger partial charge in [-0.3, -0.25) is 4.98 Å². The zero-order valence-electron chi connectivity index (χ0n) is 7.91. The van der Waals surface area contributed by atoms with Gasteiger partial charge in [-0.15, -0.1) is 0 Å². The normalized spacial score (nSPS) is 10.5. The van der Waals surface area contributed by atoms with Crippen molar-refractivity contribution < 1.29 is 4.74 Å². The van der Waals surface area contributed by atoms with Crippen molar-refractivity contribution in [2.75, 3.05) is 7.11 Å². The molecule has 72 valence electrons. The van der Waals surface area contributed by atoms with Gasteiger partial charge in [-0.05, 0) is 12.5 Å². The van der Waals surface area contributed by atoms with Gasteiger partial charge in [0.25, 0.3) is 0 Å². The number of rotatable bonds is 1. The van der Waals surface area contributed by atoms with E-state index in [1.54, 1.807) is 19.5 Å². The molecule has 0 aliphatic carbocycles. The smallest absolute Gasteiger partial charge is 0.139 e. The van der Waals surface area contributed by atoms with E-state index in [9.17, 15) is 0 Å². The van der Waals surface area contributed by atoms with Crippen molar-refractivity contribution >= 4 is 22.6 Å². The number of nitrogens with zero attached hydrogens (tertiary/aromatic N) is 2. The number of pyridine rings is 2. The molecule has 0 aliphatic rings. The summed E-state index contributed by atoms with van der Waals surface area (Å²) in [5.74, 6) is 0.685. The number of hydrogen-bond acceptors (Lipinski definition) is 3. The maximum absolute atomic E-state index is 6.08. The van der Waals surface area contributed by atoms with Gasteiger partial charge in [0.15, 0.2) is 0 Å². The van der Waals surface area contributed by atoms with E-state index in [1.807, 2.05) is 13.0 Å². The Bertz CT molecular complexity index is 485. The first-order valence-electron chi connectivity index (χ1n) is 4.17. The van der Waals surface area contributed by atoms with Crippen LogP contribution in [0, 0.1) is 6.92 Å². The molecule has 0 aromatic carbocycles. The molecule has 4 heteroatoms. The molecule has 0 aliphatic heterocycles. The third-order valence-electron chi connectivity index (χ3n) is 2.03. The number of hydrogen-bond donors (Lipinski definition) is 0. The molecular formula is C10H9ClN2O. The summed E-state index contributed by atoms with van der Waals surface area (Å²) < 4.78 is 5.05. The first-order chi connectivity index (χ1) is 6.72. The van der Waals surface area contributed by atoms with Gasteiger partial charge in [0.05, 0.1) is 23.8 Å². The van der Waals surface area contributed by atoms with Gasteiger partial charge in [-0.1, -0.05) is 11.6 Å². The number of ether oxygens (including phenoxy) is 1. The monoisotopic (exact) mass is 208 g/mol. The SMILES string of the molecule is COc1cnc2c(Cl)c(C)cnc2c1. The molecule has 2 heterocycles. The lowest BCUT2D eigenvalue weighted by Gasteiger charge is -2.03. The van der Waals surface area contributed by atoms with Crippen molar-refractivity contribution in [3.63, 3.8) is 0 Å². The summed E-state index contributed by atoms with van der Waals surface area (Å²) in [4.78, 5) is 8.42. The maximum Gasteiger partial charge on any atom is 0.139 e. The Balaban J connectivity index is 2.74. The fourth-order valence-corrected chi connectivity index (χ4v) is 1.42. The molecule has 0 radical (unpaired) electrons. The Hall–Kier alpha value is -1.35. The highest BCUT2D eigenvalue weighted by atomic mass is 35.5. The Morgan fingerprint density at radius 1 is 1.29 bits per heavy atom. The average molecular weight is 209 g/mol. The van der Waals surface area contributed by atoms with Crippen LogP contribution in [0.15, 0.2) is 18.5 Å². The van der Waals surface area contributed by atoms with Crippen LogP contribution in [0.4, 0.5) is 0 Å². The van der Waals surface area contributed by atoms with E-state index in [-0.39, 0.29) is 0 Å². The molecular weight excluding hydrogens is 200 g/mol. The van der Waals surface area contributed by atoms with Gasteiger partial charge in [-0.2, -0.15) is 0 Å². The number of aryl methyl sites for hydroxylation is 1. The van der Waals surface area contributed by atoms with Crippen LogP contribution in [0.1, 0.15) is 5.56 Å². The largest absolute Gasteiger partial charge is 0.495 e. The summed E-state index contributed by atoms with van der Waals surface area (Å²) in [6.45, 7) is 1.90.